The monoisotopic (exact) mass is 275 g/mol. The molecule has 0 bridgehead atoms. The third kappa shape index (κ3) is 5.06. The van der Waals surface area contributed by atoms with Gasteiger partial charge < -0.3 is 10.1 Å². The molecule has 2 atom stereocenters. The van der Waals surface area contributed by atoms with E-state index in [0.717, 1.165) is 11.3 Å². The summed E-state index contributed by atoms with van der Waals surface area (Å²) in [4.78, 5) is 0. The molecule has 0 heterocycles. The topological polar surface area (TPSA) is 38.3 Å². The highest BCUT2D eigenvalue weighted by molar-refractivity contribution is 7.83. The average molecular weight is 276 g/mol. The Balaban J connectivity index is 2.77. The SMILES string of the molecule is COC[C@@H](C)Nc1ccc(Cl)c(C[S@@](C)=O)c1. The molecule has 96 valence electrons. The van der Waals surface area contributed by atoms with Gasteiger partial charge in [-0.25, -0.2) is 0 Å². The van der Waals surface area contributed by atoms with Gasteiger partial charge in [-0.3, -0.25) is 4.21 Å². The van der Waals surface area contributed by atoms with Crippen molar-refractivity contribution in [2.24, 2.45) is 0 Å². The first-order valence-electron chi connectivity index (χ1n) is 5.37. The summed E-state index contributed by atoms with van der Waals surface area (Å²) in [5.41, 5.74) is 1.88. The van der Waals surface area contributed by atoms with Crippen LogP contribution < -0.4 is 5.32 Å². The molecule has 17 heavy (non-hydrogen) atoms. The van der Waals surface area contributed by atoms with Crippen molar-refractivity contribution in [2.45, 2.75) is 18.7 Å². The molecule has 0 aromatic heterocycles. The van der Waals surface area contributed by atoms with Crippen molar-refractivity contribution in [3.8, 4) is 0 Å². The smallest absolute Gasteiger partial charge is 0.0661 e. The number of anilines is 1. The van der Waals surface area contributed by atoms with Crippen LogP contribution in [0, 0.1) is 0 Å². The summed E-state index contributed by atoms with van der Waals surface area (Å²) in [6, 6.07) is 5.90. The van der Waals surface area contributed by atoms with Crippen molar-refractivity contribution in [2.75, 3.05) is 25.3 Å². The first-order valence-corrected chi connectivity index (χ1v) is 7.47. The van der Waals surface area contributed by atoms with Crippen molar-refractivity contribution >= 4 is 28.1 Å². The van der Waals surface area contributed by atoms with Crippen LogP contribution in [0.4, 0.5) is 5.69 Å². The fourth-order valence-electron chi connectivity index (χ4n) is 1.57. The van der Waals surface area contributed by atoms with Gasteiger partial charge >= 0.3 is 0 Å². The van der Waals surface area contributed by atoms with Crippen LogP contribution in [0.5, 0.6) is 0 Å². The molecule has 0 saturated carbocycles. The molecule has 0 aliphatic carbocycles. The van der Waals surface area contributed by atoms with Crippen LogP contribution in [-0.2, 0) is 21.3 Å². The summed E-state index contributed by atoms with van der Waals surface area (Å²) < 4.78 is 16.3. The van der Waals surface area contributed by atoms with Crippen LogP contribution in [0.2, 0.25) is 5.02 Å². The fraction of sp³-hybridized carbons (Fsp3) is 0.500. The largest absolute Gasteiger partial charge is 0.383 e. The third-order valence-electron chi connectivity index (χ3n) is 2.23. The molecule has 1 rings (SSSR count). The van der Waals surface area contributed by atoms with E-state index in [1.807, 2.05) is 25.1 Å². The molecule has 0 amide bonds. The second-order valence-electron chi connectivity index (χ2n) is 4.02. The first kappa shape index (κ1) is 14.5. The number of methoxy groups -OCH3 is 1. The number of hydrogen-bond donors (Lipinski definition) is 1. The predicted molar refractivity (Wildman–Crippen MR) is 74.2 cm³/mol. The highest BCUT2D eigenvalue weighted by atomic mass is 35.5. The van der Waals surface area contributed by atoms with E-state index in [-0.39, 0.29) is 6.04 Å². The molecule has 0 aliphatic rings. The highest BCUT2D eigenvalue weighted by Crippen LogP contribution is 2.22. The van der Waals surface area contributed by atoms with E-state index in [9.17, 15) is 4.21 Å². The molecular formula is C12H18ClNO2S. The van der Waals surface area contributed by atoms with E-state index in [0.29, 0.717) is 17.4 Å². The van der Waals surface area contributed by atoms with Gasteiger partial charge in [0.25, 0.3) is 0 Å². The number of halogens is 1. The fourth-order valence-corrected chi connectivity index (χ4v) is 2.51. The molecule has 5 heteroatoms. The molecule has 0 aliphatic heterocycles. The zero-order valence-electron chi connectivity index (χ0n) is 10.3. The molecule has 1 N–H and O–H groups in total. The molecule has 1 aromatic carbocycles. The Morgan fingerprint density at radius 3 is 2.82 bits per heavy atom. The van der Waals surface area contributed by atoms with Crippen molar-refractivity contribution in [1.29, 1.82) is 0 Å². The molecule has 1 aromatic rings. The summed E-state index contributed by atoms with van der Waals surface area (Å²) in [6.45, 7) is 2.67. The maximum atomic E-state index is 11.2. The zero-order chi connectivity index (χ0) is 12.8. The second-order valence-corrected chi connectivity index (χ2v) is 5.87. The Kier molecular flexibility index (Phi) is 5.95. The van der Waals surface area contributed by atoms with Gasteiger partial charge in [0, 0.05) is 46.7 Å². The average Bonchev–Trinajstić information content (AvgIpc) is 2.22. The first-order chi connectivity index (χ1) is 8.02. The molecular weight excluding hydrogens is 258 g/mol. The van der Waals surface area contributed by atoms with E-state index < -0.39 is 10.8 Å². The van der Waals surface area contributed by atoms with Crippen LogP contribution in [-0.4, -0.2) is 30.2 Å². The van der Waals surface area contributed by atoms with Crippen molar-refractivity contribution in [3.05, 3.63) is 28.8 Å². The summed E-state index contributed by atoms with van der Waals surface area (Å²) in [5.74, 6) is 0.479. The molecule has 0 spiro atoms. The van der Waals surface area contributed by atoms with Gasteiger partial charge in [0.1, 0.15) is 0 Å². The van der Waals surface area contributed by atoms with Crippen LogP contribution in [0.15, 0.2) is 18.2 Å². The van der Waals surface area contributed by atoms with E-state index in [1.165, 1.54) is 0 Å². The lowest BCUT2D eigenvalue weighted by Gasteiger charge is -2.15. The van der Waals surface area contributed by atoms with E-state index in [1.54, 1.807) is 13.4 Å². The van der Waals surface area contributed by atoms with Gasteiger partial charge in [-0.05, 0) is 30.7 Å². The minimum Gasteiger partial charge on any atom is -0.383 e. The van der Waals surface area contributed by atoms with Crippen molar-refractivity contribution in [1.82, 2.24) is 0 Å². The molecule has 0 fully saturated rings. The Hall–Kier alpha value is -0.580. The molecule has 0 radical (unpaired) electrons. The van der Waals surface area contributed by atoms with E-state index in [2.05, 4.69) is 5.32 Å². The summed E-state index contributed by atoms with van der Waals surface area (Å²) in [6.07, 6.45) is 1.67. The van der Waals surface area contributed by atoms with Crippen molar-refractivity contribution < 1.29 is 8.95 Å². The predicted octanol–water partition coefficient (Wildman–Crippen LogP) is 2.67. The Labute approximate surface area is 110 Å². The van der Waals surface area contributed by atoms with Gasteiger partial charge in [0.15, 0.2) is 0 Å². The van der Waals surface area contributed by atoms with E-state index >= 15 is 0 Å². The number of nitrogens with one attached hydrogen (secondary N) is 1. The van der Waals surface area contributed by atoms with Crippen LogP contribution in [0.3, 0.4) is 0 Å². The Morgan fingerprint density at radius 1 is 1.53 bits per heavy atom. The minimum atomic E-state index is -0.888. The quantitative estimate of drug-likeness (QED) is 0.867. The summed E-state index contributed by atoms with van der Waals surface area (Å²) in [5, 5.41) is 3.96. The van der Waals surface area contributed by atoms with Gasteiger partial charge in [-0.1, -0.05) is 11.6 Å². The number of benzene rings is 1. The van der Waals surface area contributed by atoms with Crippen LogP contribution in [0.1, 0.15) is 12.5 Å². The van der Waals surface area contributed by atoms with Gasteiger partial charge in [0.2, 0.25) is 0 Å². The second kappa shape index (κ2) is 6.99. The lowest BCUT2D eigenvalue weighted by Crippen LogP contribution is -2.20. The number of rotatable bonds is 6. The Morgan fingerprint density at radius 2 is 2.24 bits per heavy atom. The minimum absolute atomic E-state index is 0.223. The van der Waals surface area contributed by atoms with Gasteiger partial charge in [-0.15, -0.1) is 0 Å². The summed E-state index contributed by atoms with van der Waals surface area (Å²) >= 11 is 6.05. The Bertz CT molecular complexity index is 398. The normalized spacial score (nSPS) is 14.4. The van der Waals surface area contributed by atoms with E-state index in [4.69, 9.17) is 16.3 Å². The standard InChI is InChI=1S/C12H18ClNO2S/c1-9(7-16-2)14-11-4-5-12(13)10(6-11)8-17(3)15/h4-6,9,14H,7-8H2,1-3H3/t9-,17-/m1/s1. The van der Waals surface area contributed by atoms with Gasteiger partial charge in [0.05, 0.1) is 6.61 Å². The maximum absolute atomic E-state index is 11.2. The van der Waals surface area contributed by atoms with Crippen molar-refractivity contribution in [3.63, 3.8) is 0 Å². The molecule has 0 unspecified atom stereocenters. The highest BCUT2D eigenvalue weighted by Gasteiger charge is 2.06. The summed E-state index contributed by atoms with van der Waals surface area (Å²) in [7, 11) is 0.784. The van der Waals surface area contributed by atoms with Crippen LogP contribution >= 0.6 is 11.6 Å². The van der Waals surface area contributed by atoms with Gasteiger partial charge in [-0.2, -0.15) is 0 Å². The lowest BCUT2D eigenvalue weighted by atomic mass is 10.2. The molecule has 3 nitrogen and oxygen atoms in total. The zero-order valence-corrected chi connectivity index (χ0v) is 11.9. The number of hydrogen-bond acceptors (Lipinski definition) is 3. The maximum Gasteiger partial charge on any atom is 0.0661 e. The third-order valence-corrected chi connectivity index (χ3v) is 3.32. The number of ether oxygens (including phenoxy) is 1. The lowest BCUT2D eigenvalue weighted by molar-refractivity contribution is 0.190. The molecule has 0 saturated heterocycles. The van der Waals surface area contributed by atoms with Crippen LogP contribution in [0.25, 0.3) is 0 Å².